The van der Waals surface area contributed by atoms with Crippen LogP contribution in [0.1, 0.15) is 59.7 Å². The quantitative estimate of drug-likeness (QED) is 0.377. The van der Waals surface area contributed by atoms with Crippen molar-refractivity contribution in [2.24, 2.45) is 0 Å². The molecule has 0 atom stereocenters. The van der Waals surface area contributed by atoms with Gasteiger partial charge in [0.15, 0.2) is 5.82 Å². The summed E-state index contributed by atoms with van der Waals surface area (Å²) in [5, 5.41) is 0. The summed E-state index contributed by atoms with van der Waals surface area (Å²) in [6.07, 6.45) is 1.70. The zero-order valence-corrected chi connectivity index (χ0v) is 21.4. The normalized spacial score (nSPS) is 13.3. The summed E-state index contributed by atoms with van der Waals surface area (Å²) in [5.74, 6) is 1.97. The zero-order valence-electron chi connectivity index (χ0n) is 21.4. The molecule has 0 unspecified atom stereocenters. The van der Waals surface area contributed by atoms with Crippen LogP contribution >= 0.6 is 0 Å². The second-order valence-electron chi connectivity index (χ2n) is 9.61. The van der Waals surface area contributed by atoms with Gasteiger partial charge in [0.25, 0.3) is 0 Å². The fraction of sp³-hybridized carbons (Fsp3) is 0.448. The van der Waals surface area contributed by atoms with Crippen molar-refractivity contribution in [3.05, 3.63) is 69.9 Å². The third-order valence-electron chi connectivity index (χ3n) is 6.70. The lowest BCUT2D eigenvalue weighted by molar-refractivity contribution is 0.170. The maximum Gasteiger partial charge on any atom is 0.222 e. The van der Waals surface area contributed by atoms with Crippen molar-refractivity contribution in [1.29, 1.82) is 0 Å². The number of rotatable bonds is 8. The van der Waals surface area contributed by atoms with Crippen molar-refractivity contribution in [3.63, 3.8) is 0 Å². The van der Waals surface area contributed by atoms with Gasteiger partial charge in [-0.05, 0) is 55.0 Å². The summed E-state index contributed by atoms with van der Waals surface area (Å²) in [7, 11) is 1.72. The predicted molar refractivity (Wildman–Crippen MR) is 139 cm³/mol. The van der Waals surface area contributed by atoms with Gasteiger partial charge in [-0.25, -0.2) is 4.98 Å². The van der Waals surface area contributed by atoms with Gasteiger partial charge in [-0.2, -0.15) is 4.98 Å². The van der Waals surface area contributed by atoms with Gasteiger partial charge in [0.1, 0.15) is 0 Å². The molecule has 3 aromatic rings. The molecule has 0 bridgehead atoms. The van der Waals surface area contributed by atoms with Crippen molar-refractivity contribution < 1.29 is 9.47 Å². The van der Waals surface area contributed by atoms with Crippen molar-refractivity contribution in [1.82, 2.24) is 9.97 Å². The number of anilines is 1. The Morgan fingerprint density at radius 3 is 2.44 bits per heavy atom. The van der Waals surface area contributed by atoms with E-state index in [1.807, 2.05) is 0 Å². The molecule has 0 amide bonds. The van der Waals surface area contributed by atoms with E-state index >= 15 is 0 Å². The monoisotopic (exact) mass is 459 g/mol. The Balaban J connectivity index is 1.73. The molecule has 1 aliphatic heterocycles. The smallest absolute Gasteiger partial charge is 0.222 e. The van der Waals surface area contributed by atoms with Crippen LogP contribution in [0.25, 0.3) is 11.4 Å². The Bertz CT molecular complexity index is 1140. The summed E-state index contributed by atoms with van der Waals surface area (Å²) in [5.41, 5.74) is 9.63. The summed E-state index contributed by atoms with van der Waals surface area (Å²) < 4.78 is 11.5. The molecule has 0 aliphatic carbocycles. The molecule has 5 heteroatoms. The van der Waals surface area contributed by atoms with E-state index < -0.39 is 0 Å². The lowest BCUT2D eigenvalue weighted by atomic mass is 9.98. The van der Waals surface area contributed by atoms with Gasteiger partial charge in [-0.3, -0.25) is 0 Å². The minimum Gasteiger partial charge on any atom is -0.477 e. The molecular formula is C29H37N3O2. The molecule has 4 rings (SSSR count). The van der Waals surface area contributed by atoms with E-state index in [0.717, 1.165) is 48.6 Å². The molecular weight excluding hydrogens is 422 g/mol. The third-order valence-corrected chi connectivity index (χ3v) is 6.70. The zero-order chi connectivity index (χ0) is 24.2. The first-order chi connectivity index (χ1) is 16.4. The highest BCUT2D eigenvalue weighted by Crippen LogP contribution is 2.35. The molecule has 5 nitrogen and oxygen atoms in total. The Kier molecular flexibility index (Phi) is 7.52. The minimum atomic E-state index is 0.499. The molecule has 0 N–H and O–H groups in total. The first-order valence-electron chi connectivity index (χ1n) is 12.3. The summed E-state index contributed by atoms with van der Waals surface area (Å²) >= 11 is 0. The van der Waals surface area contributed by atoms with Gasteiger partial charge in [0.2, 0.25) is 5.88 Å². The van der Waals surface area contributed by atoms with Crippen LogP contribution in [0.3, 0.4) is 0 Å². The molecule has 2 aromatic carbocycles. The van der Waals surface area contributed by atoms with Crippen LogP contribution < -0.4 is 9.64 Å². The van der Waals surface area contributed by atoms with Crippen molar-refractivity contribution in [2.75, 3.05) is 31.8 Å². The number of hydrogen-bond donors (Lipinski definition) is 0. The number of methoxy groups -OCH3 is 1. The van der Waals surface area contributed by atoms with Crippen LogP contribution in [-0.2, 0) is 17.7 Å². The van der Waals surface area contributed by atoms with E-state index in [9.17, 15) is 0 Å². The second kappa shape index (κ2) is 10.6. The molecule has 0 saturated heterocycles. The highest BCUT2D eigenvalue weighted by Gasteiger charge is 2.26. The number of benzene rings is 2. The summed E-state index contributed by atoms with van der Waals surface area (Å²) in [4.78, 5) is 12.5. The second-order valence-corrected chi connectivity index (χ2v) is 9.61. The average Bonchev–Trinajstić information content (AvgIpc) is 2.81. The van der Waals surface area contributed by atoms with Crippen LogP contribution in [0.4, 0.5) is 5.69 Å². The first-order valence-corrected chi connectivity index (χ1v) is 12.3. The van der Waals surface area contributed by atoms with Gasteiger partial charge in [-0.1, -0.05) is 44.2 Å². The Morgan fingerprint density at radius 1 is 0.971 bits per heavy atom. The lowest BCUT2D eigenvalue weighted by Gasteiger charge is -2.33. The number of fused-ring (bicyclic) bond motifs is 1. The van der Waals surface area contributed by atoms with Gasteiger partial charge in [-0.15, -0.1) is 0 Å². The maximum absolute atomic E-state index is 6.27. The number of aromatic nitrogens is 2. The molecule has 2 heterocycles. The predicted octanol–water partition coefficient (Wildman–Crippen LogP) is 6.17. The fourth-order valence-electron chi connectivity index (χ4n) is 4.69. The van der Waals surface area contributed by atoms with E-state index in [4.69, 9.17) is 19.4 Å². The van der Waals surface area contributed by atoms with E-state index in [1.165, 1.54) is 27.9 Å². The highest BCUT2D eigenvalue weighted by atomic mass is 16.5. The number of hydrogen-bond acceptors (Lipinski definition) is 5. The molecule has 0 spiro atoms. The van der Waals surface area contributed by atoms with Crippen molar-refractivity contribution in [3.8, 4) is 17.3 Å². The standard InChI is InChI=1S/C29H37N3O2/c1-19(2)23-12-11-20(3)26(17-23)32-14-13-25-24(18-32)29(34-16-8-15-33-6)31-28(30-25)27-21(4)9-7-10-22(27)5/h7,9-12,17,19H,8,13-16,18H2,1-6H3. The Labute approximate surface area is 204 Å². The van der Waals surface area contributed by atoms with Gasteiger partial charge in [0, 0.05) is 44.4 Å². The Hall–Kier alpha value is -2.92. The largest absolute Gasteiger partial charge is 0.477 e. The SMILES string of the molecule is COCCCOc1nc(-c2c(C)cccc2C)nc2c1CN(c1cc(C(C)C)ccc1C)CC2. The fourth-order valence-corrected chi connectivity index (χ4v) is 4.69. The lowest BCUT2D eigenvalue weighted by Crippen LogP contribution is -2.32. The van der Waals surface area contributed by atoms with Crippen LogP contribution in [0.5, 0.6) is 5.88 Å². The van der Waals surface area contributed by atoms with Crippen molar-refractivity contribution in [2.45, 2.75) is 59.9 Å². The van der Waals surface area contributed by atoms with E-state index in [-0.39, 0.29) is 0 Å². The maximum atomic E-state index is 6.27. The number of aryl methyl sites for hydroxylation is 3. The van der Waals surface area contributed by atoms with Crippen LogP contribution in [0.2, 0.25) is 0 Å². The van der Waals surface area contributed by atoms with E-state index in [1.54, 1.807) is 7.11 Å². The molecule has 0 saturated carbocycles. The summed E-state index contributed by atoms with van der Waals surface area (Å²) in [6.45, 7) is 13.9. The van der Waals surface area contributed by atoms with Gasteiger partial charge in [0.05, 0.1) is 24.4 Å². The van der Waals surface area contributed by atoms with Crippen LogP contribution in [0.15, 0.2) is 36.4 Å². The average molecular weight is 460 g/mol. The van der Waals surface area contributed by atoms with Crippen LogP contribution in [-0.4, -0.2) is 36.8 Å². The molecule has 0 radical (unpaired) electrons. The van der Waals surface area contributed by atoms with Crippen LogP contribution in [0, 0.1) is 20.8 Å². The molecule has 0 fully saturated rings. The van der Waals surface area contributed by atoms with Gasteiger partial charge >= 0.3 is 0 Å². The van der Waals surface area contributed by atoms with E-state index in [2.05, 4.69) is 75.9 Å². The first kappa shape index (κ1) is 24.2. The molecule has 34 heavy (non-hydrogen) atoms. The third kappa shape index (κ3) is 5.10. The number of ether oxygens (including phenoxy) is 2. The van der Waals surface area contributed by atoms with Gasteiger partial charge < -0.3 is 14.4 Å². The molecule has 1 aliphatic rings. The minimum absolute atomic E-state index is 0.499. The van der Waals surface area contributed by atoms with E-state index in [0.29, 0.717) is 25.0 Å². The molecule has 1 aromatic heterocycles. The number of nitrogens with zero attached hydrogens (tertiary/aromatic N) is 3. The topological polar surface area (TPSA) is 47.5 Å². The highest BCUT2D eigenvalue weighted by molar-refractivity contribution is 5.66. The molecule has 180 valence electrons. The van der Waals surface area contributed by atoms with Crippen molar-refractivity contribution >= 4 is 5.69 Å². The summed E-state index contributed by atoms with van der Waals surface area (Å²) in [6, 6.07) is 13.2. The Morgan fingerprint density at radius 2 is 1.74 bits per heavy atom.